The van der Waals surface area contributed by atoms with Gasteiger partial charge in [0.25, 0.3) is 0 Å². The van der Waals surface area contributed by atoms with Crippen LogP contribution in [0.1, 0.15) is 23.0 Å². The smallest absolute Gasteiger partial charge is 0.132 e. The first-order valence-electron chi connectivity index (χ1n) is 7.78. The summed E-state index contributed by atoms with van der Waals surface area (Å²) in [7, 11) is 0. The van der Waals surface area contributed by atoms with Crippen LogP contribution in [-0.2, 0) is 12.8 Å². The molecule has 0 aliphatic carbocycles. The van der Waals surface area contributed by atoms with Gasteiger partial charge in [0, 0.05) is 26.6 Å². The van der Waals surface area contributed by atoms with Crippen LogP contribution in [0.5, 0.6) is 0 Å². The summed E-state index contributed by atoms with van der Waals surface area (Å²) < 4.78 is 2.73. The van der Waals surface area contributed by atoms with Crippen LogP contribution in [-0.4, -0.2) is 15.0 Å². The standard InChI is InChI=1S/C19H17N3S/c1-12-20-13(2)22-18(21-12)11-10-14-6-5-8-16-15-7-3-4-9-17(15)23-19(14)16/h3-9H,10-11H2,1-2H3. The number of hydrogen-bond donors (Lipinski definition) is 0. The van der Waals surface area contributed by atoms with Gasteiger partial charge in [0.2, 0.25) is 0 Å². The SMILES string of the molecule is Cc1nc(C)nc(CCc2cccc3c2sc2ccccc23)n1. The fourth-order valence-electron chi connectivity index (χ4n) is 3.04. The molecule has 0 aliphatic heterocycles. The molecule has 4 aromatic rings. The predicted octanol–water partition coefficient (Wildman–Crippen LogP) is 4.64. The average molecular weight is 319 g/mol. The lowest BCUT2D eigenvalue weighted by molar-refractivity contribution is 0.795. The number of benzene rings is 2. The topological polar surface area (TPSA) is 38.7 Å². The molecule has 2 aromatic heterocycles. The minimum atomic E-state index is 0.799. The van der Waals surface area contributed by atoms with Crippen molar-refractivity contribution >= 4 is 31.5 Å². The minimum absolute atomic E-state index is 0.799. The van der Waals surface area contributed by atoms with Crippen molar-refractivity contribution in [1.82, 2.24) is 15.0 Å². The Morgan fingerprint density at radius 3 is 2.35 bits per heavy atom. The number of thiophene rings is 1. The summed E-state index contributed by atoms with van der Waals surface area (Å²) in [5.41, 5.74) is 1.37. The number of fused-ring (bicyclic) bond motifs is 3. The van der Waals surface area contributed by atoms with E-state index in [-0.39, 0.29) is 0 Å². The lowest BCUT2D eigenvalue weighted by atomic mass is 10.1. The lowest BCUT2D eigenvalue weighted by Crippen LogP contribution is -2.04. The van der Waals surface area contributed by atoms with Gasteiger partial charge in [-0.15, -0.1) is 11.3 Å². The quantitative estimate of drug-likeness (QED) is 0.552. The molecule has 0 fully saturated rings. The number of nitrogens with zero attached hydrogens (tertiary/aromatic N) is 3. The number of aromatic nitrogens is 3. The van der Waals surface area contributed by atoms with Crippen LogP contribution in [0.2, 0.25) is 0 Å². The molecular formula is C19H17N3S. The van der Waals surface area contributed by atoms with E-state index in [1.54, 1.807) is 0 Å². The van der Waals surface area contributed by atoms with Crippen molar-refractivity contribution in [2.75, 3.05) is 0 Å². The van der Waals surface area contributed by atoms with Gasteiger partial charge in [-0.25, -0.2) is 15.0 Å². The van der Waals surface area contributed by atoms with Crippen LogP contribution in [0, 0.1) is 13.8 Å². The van der Waals surface area contributed by atoms with Crippen molar-refractivity contribution in [2.45, 2.75) is 26.7 Å². The highest BCUT2D eigenvalue weighted by molar-refractivity contribution is 7.26. The zero-order valence-corrected chi connectivity index (χ0v) is 14.0. The molecule has 0 atom stereocenters. The third-order valence-corrected chi connectivity index (χ3v) is 5.27. The highest BCUT2D eigenvalue weighted by Crippen LogP contribution is 2.35. The average Bonchev–Trinajstić information content (AvgIpc) is 2.91. The monoisotopic (exact) mass is 319 g/mol. The lowest BCUT2D eigenvalue weighted by Gasteiger charge is -2.04. The molecule has 0 bridgehead atoms. The zero-order valence-electron chi connectivity index (χ0n) is 13.2. The van der Waals surface area contributed by atoms with Gasteiger partial charge in [0.05, 0.1) is 0 Å². The fraction of sp³-hybridized carbons (Fsp3) is 0.211. The molecule has 2 heterocycles. The normalized spacial score (nSPS) is 11.4. The fourth-order valence-corrected chi connectivity index (χ4v) is 4.29. The van der Waals surface area contributed by atoms with E-state index in [0.717, 1.165) is 30.3 Å². The van der Waals surface area contributed by atoms with Crippen molar-refractivity contribution in [3.8, 4) is 0 Å². The summed E-state index contributed by atoms with van der Waals surface area (Å²) in [6, 6.07) is 15.2. The molecule has 4 rings (SSSR count). The number of rotatable bonds is 3. The molecule has 3 nitrogen and oxygen atoms in total. The zero-order chi connectivity index (χ0) is 15.8. The molecule has 0 aliphatic rings. The highest BCUT2D eigenvalue weighted by Gasteiger charge is 2.09. The van der Waals surface area contributed by atoms with E-state index in [1.807, 2.05) is 25.2 Å². The second-order valence-electron chi connectivity index (χ2n) is 5.74. The van der Waals surface area contributed by atoms with E-state index in [2.05, 4.69) is 57.4 Å². The second kappa shape index (κ2) is 5.70. The van der Waals surface area contributed by atoms with Gasteiger partial charge in [-0.2, -0.15) is 0 Å². The third-order valence-electron chi connectivity index (χ3n) is 4.01. The highest BCUT2D eigenvalue weighted by atomic mass is 32.1. The van der Waals surface area contributed by atoms with Crippen molar-refractivity contribution < 1.29 is 0 Å². The molecule has 114 valence electrons. The molecule has 0 spiro atoms. The molecular weight excluding hydrogens is 302 g/mol. The third kappa shape index (κ3) is 2.70. The Morgan fingerprint density at radius 2 is 1.52 bits per heavy atom. The van der Waals surface area contributed by atoms with Crippen molar-refractivity contribution in [1.29, 1.82) is 0 Å². The Bertz CT molecular complexity index is 984. The van der Waals surface area contributed by atoms with Crippen LogP contribution in [0.15, 0.2) is 42.5 Å². The summed E-state index contributed by atoms with van der Waals surface area (Å²) >= 11 is 1.88. The van der Waals surface area contributed by atoms with Crippen LogP contribution >= 0.6 is 11.3 Å². The summed E-state index contributed by atoms with van der Waals surface area (Å²) in [5.74, 6) is 2.48. The molecule has 0 amide bonds. The Kier molecular flexibility index (Phi) is 3.54. The van der Waals surface area contributed by atoms with E-state index in [9.17, 15) is 0 Å². The van der Waals surface area contributed by atoms with Crippen LogP contribution in [0.25, 0.3) is 20.2 Å². The maximum atomic E-state index is 4.45. The minimum Gasteiger partial charge on any atom is -0.219 e. The van der Waals surface area contributed by atoms with E-state index in [1.165, 1.54) is 25.7 Å². The Labute approximate surface area is 139 Å². The Balaban J connectivity index is 1.71. The summed E-state index contributed by atoms with van der Waals surface area (Å²) in [6.45, 7) is 3.84. The molecule has 0 radical (unpaired) electrons. The molecule has 0 N–H and O–H groups in total. The van der Waals surface area contributed by atoms with Gasteiger partial charge in [0.1, 0.15) is 17.5 Å². The van der Waals surface area contributed by atoms with Gasteiger partial charge >= 0.3 is 0 Å². The largest absolute Gasteiger partial charge is 0.219 e. The number of aryl methyl sites for hydroxylation is 4. The first-order valence-corrected chi connectivity index (χ1v) is 8.59. The van der Waals surface area contributed by atoms with E-state index >= 15 is 0 Å². The second-order valence-corrected chi connectivity index (χ2v) is 6.79. The van der Waals surface area contributed by atoms with Crippen molar-refractivity contribution in [2.24, 2.45) is 0 Å². The van der Waals surface area contributed by atoms with Gasteiger partial charge in [0.15, 0.2) is 0 Å². The van der Waals surface area contributed by atoms with E-state index in [0.29, 0.717) is 0 Å². The van der Waals surface area contributed by atoms with Crippen molar-refractivity contribution in [3.05, 3.63) is 65.5 Å². The first-order chi connectivity index (χ1) is 11.2. The predicted molar refractivity (Wildman–Crippen MR) is 96.0 cm³/mol. The molecule has 0 unspecified atom stereocenters. The molecule has 2 aromatic carbocycles. The first kappa shape index (κ1) is 14.3. The maximum Gasteiger partial charge on any atom is 0.132 e. The Morgan fingerprint density at radius 1 is 0.783 bits per heavy atom. The number of hydrogen-bond acceptors (Lipinski definition) is 4. The van der Waals surface area contributed by atoms with Gasteiger partial charge < -0.3 is 0 Å². The van der Waals surface area contributed by atoms with Crippen molar-refractivity contribution in [3.63, 3.8) is 0 Å². The van der Waals surface area contributed by atoms with Gasteiger partial charge in [-0.1, -0.05) is 36.4 Å². The summed E-state index contributed by atoms with van der Waals surface area (Å²) in [4.78, 5) is 13.2. The molecule has 23 heavy (non-hydrogen) atoms. The Hall–Kier alpha value is -2.33. The molecule has 4 heteroatoms. The van der Waals surface area contributed by atoms with Crippen LogP contribution in [0.4, 0.5) is 0 Å². The van der Waals surface area contributed by atoms with Gasteiger partial charge in [-0.05, 0) is 31.9 Å². The van der Waals surface area contributed by atoms with Crippen LogP contribution in [0.3, 0.4) is 0 Å². The maximum absolute atomic E-state index is 4.45. The summed E-state index contributed by atoms with van der Waals surface area (Å²) in [5, 5.41) is 2.70. The summed E-state index contributed by atoms with van der Waals surface area (Å²) in [6.07, 6.45) is 1.80. The molecule has 0 saturated heterocycles. The van der Waals surface area contributed by atoms with Gasteiger partial charge in [-0.3, -0.25) is 0 Å². The van der Waals surface area contributed by atoms with E-state index < -0.39 is 0 Å². The molecule has 0 saturated carbocycles. The van der Waals surface area contributed by atoms with E-state index in [4.69, 9.17) is 0 Å². The van der Waals surface area contributed by atoms with Crippen LogP contribution < -0.4 is 0 Å².